The summed E-state index contributed by atoms with van der Waals surface area (Å²) in [6.45, 7) is 7.70. The number of piperidine rings is 1. The van der Waals surface area contributed by atoms with Crippen LogP contribution >= 0.6 is 0 Å². The minimum atomic E-state index is 0.0580. The van der Waals surface area contributed by atoms with E-state index in [0.717, 1.165) is 18.1 Å². The number of nitrogens with zero attached hydrogens (tertiary/aromatic N) is 1. The smallest absolute Gasteiger partial charge is 0.118 e. The van der Waals surface area contributed by atoms with E-state index in [9.17, 15) is 0 Å². The van der Waals surface area contributed by atoms with Crippen LogP contribution in [0.2, 0.25) is 0 Å². The van der Waals surface area contributed by atoms with Crippen molar-refractivity contribution in [1.29, 1.82) is 0 Å². The van der Waals surface area contributed by atoms with E-state index >= 15 is 0 Å². The Bertz CT molecular complexity index is 431. The number of hydrogen-bond donors (Lipinski definition) is 1. The molecule has 0 bridgehead atoms. The monoisotopic (exact) mass is 290 g/mol. The van der Waals surface area contributed by atoms with Crippen LogP contribution in [0, 0.1) is 5.92 Å². The van der Waals surface area contributed by atoms with Crippen LogP contribution in [-0.2, 0) is 6.42 Å². The van der Waals surface area contributed by atoms with Crippen LogP contribution in [0.5, 0.6) is 5.75 Å². The fourth-order valence-corrected chi connectivity index (χ4v) is 3.38. The molecular formula is C18H30N2O. The molecule has 1 aliphatic rings. The molecule has 118 valence electrons. The molecule has 21 heavy (non-hydrogen) atoms. The second kappa shape index (κ2) is 7.28. The standard InChI is InChI=1S/C18H30N2O/c1-4-15-6-5-11-20(13-15)18(2,14-19)12-16-7-9-17(21-3)10-8-16/h7-10,15H,4-6,11-14,19H2,1-3H3. The van der Waals surface area contributed by atoms with Crippen LogP contribution in [0.1, 0.15) is 38.7 Å². The van der Waals surface area contributed by atoms with E-state index in [1.807, 2.05) is 12.1 Å². The molecule has 1 aliphatic heterocycles. The van der Waals surface area contributed by atoms with Crippen molar-refractivity contribution in [3.63, 3.8) is 0 Å². The van der Waals surface area contributed by atoms with Crippen LogP contribution in [0.15, 0.2) is 24.3 Å². The van der Waals surface area contributed by atoms with Crippen molar-refractivity contribution >= 4 is 0 Å². The van der Waals surface area contributed by atoms with Crippen molar-refractivity contribution in [3.8, 4) is 5.75 Å². The topological polar surface area (TPSA) is 38.5 Å². The number of nitrogens with two attached hydrogens (primary N) is 1. The maximum atomic E-state index is 6.16. The second-order valence-corrected chi connectivity index (χ2v) is 6.59. The Kier molecular flexibility index (Phi) is 5.65. The van der Waals surface area contributed by atoms with Crippen molar-refractivity contribution in [1.82, 2.24) is 4.90 Å². The molecule has 0 amide bonds. The van der Waals surface area contributed by atoms with E-state index in [2.05, 4.69) is 30.9 Å². The first kappa shape index (κ1) is 16.3. The first-order valence-electron chi connectivity index (χ1n) is 8.19. The summed E-state index contributed by atoms with van der Waals surface area (Å²) >= 11 is 0. The zero-order valence-electron chi connectivity index (χ0n) is 13.8. The molecule has 1 aromatic rings. The molecule has 0 aliphatic carbocycles. The molecule has 0 saturated carbocycles. The maximum Gasteiger partial charge on any atom is 0.118 e. The molecule has 3 nitrogen and oxygen atoms in total. The molecule has 3 heteroatoms. The summed E-state index contributed by atoms with van der Waals surface area (Å²) in [5.41, 5.74) is 7.56. The Balaban J connectivity index is 2.08. The van der Waals surface area contributed by atoms with E-state index in [0.29, 0.717) is 6.54 Å². The van der Waals surface area contributed by atoms with Gasteiger partial charge in [0.25, 0.3) is 0 Å². The Labute approximate surface area is 129 Å². The highest BCUT2D eigenvalue weighted by Crippen LogP contribution is 2.28. The van der Waals surface area contributed by atoms with Gasteiger partial charge in [0.05, 0.1) is 7.11 Å². The summed E-state index contributed by atoms with van der Waals surface area (Å²) < 4.78 is 5.24. The summed E-state index contributed by atoms with van der Waals surface area (Å²) in [7, 11) is 1.71. The van der Waals surface area contributed by atoms with Crippen molar-refractivity contribution in [2.24, 2.45) is 11.7 Å². The predicted molar refractivity (Wildman–Crippen MR) is 88.7 cm³/mol. The van der Waals surface area contributed by atoms with E-state index in [4.69, 9.17) is 10.5 Å². The molecule has 0 radical (unpaired) electrons. The largest absolute Gasteiger partial charge is 0.497 e. The Morgan fingerprint density at radius 2 is 2.05 bits per heavy atom. The first-order valence-corrected chi connectivity index (χ1v) is 8.19. The molecule has 0 spiro atoms. The third-order valence-electron chi connectivity index (χ3n) is 5.04. The highest BCUT2D eigenvalue weighted by atomic mass is 16.5. The molecule has 1 aromatic carbocycles. The fraction of sp³-hybridized carbons (Fsp3) is 0.667. The lowest BCUT2D eigenvalue weighted by molar-refractivity contribution is 0.0586. The van der Waals surface area contributed by atoms with E-state index in [1.165, 1.54) is 37.9 Å². The number of methoxy groups -OCH3 is 1. The molecule has 0 aromatic heterocycles. The molecule has 2 unspecified atom stereocenters. The van der Waals surface area contributed by atoms with E-state index in [-0.39, 0.29) is 5.54 Å². The van der Waals surface area contributed by atoms with Gasteiger partial charge in [0.15, 0.2) is 0 Å². The molecule has 2 rings (SSSR count). The van der Waals surface area contributed by atoms with Crippen molar-refractivity contribution in [2.75, 3.05) is 26.7 Å². The van der Waals surface area contributed by atoms with Gasteiger partial charge in [-0.3, -0.25) is 4.90 Å². The number of rotatable bonds is 6. The summed E-state index contributed by atoms with van der Waals surface area (Å²) in [5, 5.41) is 0. The molecule has 2 atom stereocenters. The van der Waals surface area contributed by atoms with Gasteiger partial charge in [-0.2, -0.15) is 0 Å². The van der Waals surface area contributed by atoms with Gasteiger partial charge in [-0.25, -0.2) is 0 Å². The summed E-state index contributed by atoms with van der Waals surface area (Å²) in [6.07, 6.45) is 4.95. The molecule has 2 N–H and O–H groups in total. The second-order valence-electron chi connectivity index (χ2n) is 6.59. The van der Waals surface area contributed by atoms with Gasteiger partial charge in [0.2, 0.25) is 0 Å². The van der Waals surface area contributed by atoms with Gasteiger partial charge < -0.3 is 10.5 Å². The van der Waals surface area contributed by atoms with Gasteiger partial charge in [0, 0.05) is 18.6 Å². The average molecular weight is 290 g/mol. The van der Waals surface area contributed by atoms with Gasteiger partial charge in [-0.1, -0.05) is 25.5 Å². The van der Waals surface area contributed by atoms with E-state index < -0.39 is 0 Å². The highest BCUT2D eigenvalue weighted by Gasteiger charge is 2.33. The van der Waals surface area contributed by atoms with Crippen LogP contribution < -0.4 is 10.5 Å². The normalized spacial score (nSPS) is 22.8. The zero-order valence-corrected chi connectivity index (χ0v) is 13.8. The number of ether oxygens (including phenoxy) is 1. The molecular weight excluding hydrogens is 260 g/mol. The lowest BCUT2D eigenvalue weighted by atomic mass is 9.86. The quantitative estimate of drug-likeness (QED) is 0.875. The molecule has 1 heterocycles. The SMILES string of the molecule is CCC1CCCN(C(C)(CN)Cc2ccc(OC)cc2)C1. The molecule has 1 fully saturated rings. The minimum Gasteiger partial charge on any atom is -0.497 e. The van der Waals surface area contributed by atoms with Crippen LogP contribution in [0.25, 0.3) is 0 Å². The summed E-state index contributed by atoms with van der Waals surface area (Å²) in [6, 6.07) is 8.40. The first-order chi connectivity index (χ1) is 10.1. The average Bonchev–Trinajstić information content (AvgIpc) is 2.55. The number of hydrogen-bond acceptors (Lipinski definition) is 3. The van der Waals surface area contributed by atoms with Crippen molar-refractivity contribution < 1.29 is 4.74 Å². The molecule has 1 saturated heterocycles. The highest BCUT2D eigenvalue weighted by molar-refractivity contribution is 5.28. The maximum absolute atomic E-state index is 6.16. The lowest BCUT2D eigenvalue weighted by Crippen LogP contribution is -2.56. The lowest BCUT2D eigenvalue weighted by Gasteiger charge is -2.45. The number of benzene rings is 1. The fourth-order valence-electron chi connectivity index (χ4n) is 3.38. The van der Waals surface area contributed by atoms with Crippen molar-refractivity contribution in [2.45, 2.75) is 45.1 Å². The predicted octanol–water partition coefficient (Wildman–Crippen LogP) is 3.08. The Hall–Kier alpha value is -1.06. The third kappa shape index (κ3) is 3.98. The van der Waals surface area contributed by atoms with Crippen LogP contribution in [0.4, 0.5) is 0 Å². The minimum absolute atomic E-state index is 0.0580. The zero-order chi connectivity index (χ0) is 15.3. The van der Waals surface area contributed by atoms with E-state index in [1.54, 1.807) is 7.11 Å². The van der Waals surface area contributed by atoms with Gasteiger partial charge in [-0.15, -0.1) is 0 Å². The van der Waals surface area contributed by atoms with Gasteiger partial charge in [-0.05, 0) is 56.3 Å². The summed E-state index contributed by atoms with van der Waals surface area (Å²) in [5.74, 6) is 1.75. The Morgan fingerprint density at radius 3 is 2.62 bits per heavy atom. The summed E-state index contributed by atoms with van der Waals surface area (Å²) in [4.78, 5) is 2.62. The third-order valence-corrected chi connectivity index (χ3v) is 5.04. The van der Waals surface area contributed by atoms with Crippen LogP contribution in [-0.4, -0.2) is 37.2 Å². The van der Waals surface area contributed by atoms with Gasteiger partial charge in [0.1, 0.15) is 5.75 Å². The number of likely N-dealkylation sites (tertiary alicyclic amines) is 1. The Morgan fingerprint density at radius 1 is 1.33 bits per heavy atom. The van der Waals surface area contributed by atoms with Crippen LogP contribution in [0.3, 0.4) is 0 Å². The van der Waals surface area contributed by atoms with Gasteiger partial charge >= 0.3 is 0 Å². The van der Waals surface area contributed by atoms with Crippen molar-refractivity contribution in [3.05, 3.63) is 29.8 Å².